The van der Waals surface area contributed by atoms with Gasteiger partial charge in [-0.05, 0) is 81.9 Å². The maximum absolute atomic E-state index is 13.3. The van der Waals surface area contributed by atoms with E-state index in [9.17, 15) is 19.5 Å². The Morgan fingerprint density at radius 2 is 1.78 bits per heavy atom. The molecule has 0 fully saturated rings. The molecule has 2 unspecified atom stereocenters. The van der Waals surface area contributed by atoms with Crippen LogP contribution in [0.1, 0.15) is 86.5 Å². The molecule has 0 radical (unpaired) electrons. The first-order valence-corrected chi connectivity index (χ1v) is 13.6. The number of ether oxygens (including phenoxy) is 1. The van der Waals surface area contributed by atoms with Gasteiger partial charge < -0.3 is 25.2 Å². The first-order chi connectivity index (χ1) is 16.9. The van der Waals surface area contributed by atoms with Gasteiger partial charge in [0.2, 0.25) is 0 Å². The second kappa shape index (κ2) is 18.9. The highest BCUT2D eigenvalue weighted by Crippen LogP contribution is 2.27. The summed E-state index contributed by atoms with van der Waals surface area (Å²) in [5.41, 5.74) is -1.52. The van der Waals surface area contributed by atoms with Crippen molar-refractivity contribution in [3.63, 3.8) is 0 Å². The minimum atomic E-state index is -1.52. The molecular weight excluding hydrogens is 465 g/mol. The van der Waals surface area contributed by atoms with Gasteiger partial charge in [0.05, 0.1) is 24.2 Å². The Kier molecular flexibility index (Phi) is 18.2. The van der Waals surface area contributed by atoms with Crippen LogP contribution in [-0.2, 0) is 14.5 Å². The minimum Gasteiger partial charge on any atom is -0.459 e. The van der Waals surface area contributed by atoms with Crippen molar-refractivity contribution in [3.8, 4) is 6.07 Å². The van der Waals surface area contributed by atoms with Gasteiger partial charge in [0.25, 0.3) is 0 Å². The number of carbonyl (C=O) groups is 1. The van der Waals surface area contributed by atoms with E-state index in [0.29, 0.717) is 45.1 Å². The fraction of sp³-hybridized carbons (Fsp3) is 0.926. The summed E-state index contributed by atoms with van der Waals surface area (Å²) in [4.78, 5) is 19.2. The normalized spacial score (nSPS) is 18.5. The Hall–Kier alpha value is -1.31. The Morgan fingerprint density at radius 1 is 1.14 bits per heavy atom. The molecule has 0 aromatic heterocycles. The summed E-state index contributed by atoms with van der Waals surface area (Å²) in [5.74, 6) is -0.560. The monoisotopic (exact) mass is 517 g/mol. The number of aliphatic hydroxyl groups is 2. The first kappa shape index (κ1) is 34.7. The number of carbonyl (C=O) groups excluding carboxylic acids is 1. The zero-order valence-electron chi connectivity index (χ0n) is 23.6. The quantitative estimate of drug-likeness (QED) is 0.155. The van der Waals surface area contributed by atoms with E-state index in [1.54, 1.807) is 20.8 Å². The lowest BCUT2D eigenvalue weighted by Crippen LogP contribution is -2.51. The van der Waals surface area contributed by atoms with E-state index in [4.69, 9.17) is 10.00 Å². The summed E-state index contributed by atoms with van der Waals surface area (Å²) in [7, 11) is 2.05. The third-order valence-corrected chi connectivity index (χ3v) is 6.89. The van der Waals surface area contributed by atoms with Crippen LogP contribution in [0.15, 0.2) is 0 Å². The van der Waals surface area contributed by atoms with Gasteiger partial charge in [-0.3, -0.25) is 4.79 Å². The second-order valence-electron chi connectivity index (χ2n) is 10.8. The molecule has 0 aliphatic carbocycles. The fourth-order valence-corrected chi connectivity index (χ4v) is 4.80. The summed E-state index contributed by atoms with van der Waals surface area (Å²) in [6, 6.07) is 2.11. The zero-order chi connectivity index (χ0) is 27.7. The van der Waals surface area contributed by atoms with Crippen molar-refractivity contribution in [3.05, 3.63) is 0 Å². The minimum absolute atomic E-state index is 0.0412. The topological polar surface area (TPSA) is 115 Å². The van der Waals surface area contributed by atoms with Crippen LogP contribution in [0.2, 0.25) is 0 Å². The first-order valence-electron chi connectivity index (χ1n) is 13.6. The van der Waals surface area contributed by atoms with Crippen LogP contribution in [0.5, 0.6) is 0 Å². The molecule has 3 N–H and O–H groups in total. The summed E-state index contributed by atoms with van der Waals surface area (Å²) in [5, 5.41) is 32.5. The van der Waals surface area contributed by atoms with Crippen molar-refractivity contribution < 1.29 is 29.2 Å². The highest BCUT2D eigenvalue weighted by Gasteiger charge is 2.40. The zero-order valence-corrected chi connectivity index (χ0v) is 23.6. The van der Waals surface area contributed by atoms with Crippen molar-refractivity contribution in [1.29, 1.82) is 5.26 Å². The molecule has 212 valence electrons. The van der Waals surface area contributed by atoms with Crippen LogP contribution < -0.4 is 5.32 Å². The molecule has 0 aromatic carbocycles. The van der Waals surface area contributed by atoms with Crippen LogP contribution in [-0.4, -0.2) is 78.2 Å². The molecule has 0 saturated carbocycles. The Morgan fingerprint density at radius 3 is 2.33 bits per heavy atom. The largest absolute Gasteiger partial charge is 0.459 e. The number of nitriles is 1. The smallest absolute Gasteiger partial charge is 0.309 e. The van der Waals surface area contributed by atoms with Crippen LogP contribution >= 0.6 is 0 Å². The van der Waals surface area contributed by atoms with E-state index in [0.717, 1.165) is 26.1 Å². The molecule has 0 aliphatic rings. The average molecular weight is 518 g/mol. The summed E-state index contributed by atoms with van der Waals surface area (Å²) < 4.78 is 18.9. The molecular formula is C27H52FN3O5. The Balaban J connectivity index is 4.54. The highest BCUT2D eigenvalue weighted by atomic mass is 19.3. The third kappa shape index (κ3) is 13.8. The molecule has 0 saturated heterocycles. The predicted octanol–water partition coefficient (Wildman–Crippen LogP) is 4.00. The number of aliphatic hydroxyl groups excluding tert-OH is 1. The van der Waals surface area contributed by atoms with Crippen molar-refractivity contribution in [1.82, 2.24) is 10.2 Å². The number of halogens is 1. The van der Waals surface area contributed by atoms with Crippen molar-refractivity contribution in [2.24, 2.45) is 17.8 Å². The molecule has 8 nitrogen and oxygen atoms in total. The summed E-state index contributed by atoms with van der Waals surface area (Å²) >= 11 is 0. The average Bonchev–Trinajstić information content (AvgIpc) is 2.82. The second-order valence-corrected chi connectivity index (χ2v) is 10.8. The van der Waals surface area contributed by atoms with Gasteiger partial charge in [0, 0.05) is 19.5 Å². The van der Waals surface area contributed by atoms with Gasteiger partial charge in [0.15, 0.2) is 0 Å². The number of nitrogens with zero attached hydrogens (tertiary/aromatic N) is 2. The fourth-order valence-electron chi connectivity index (χ4n) is 4.80. The third-order valence-electron chi connectivity index (χ3n) is 6.89. The van der Waals surface area contributed by atoms with E-state index in [-0.39, 0.29) is 11.8 Å². The number of hydrogen-bond donors (Lipinski definition) is 3. The summed E-state index contributed by atoms with van der Waals surface area (Å²) in [6.07, 6.45) is 1.50. The number of hydrogen-bond acceptors (Lipinski definition) is 8. The molecule has 9 heteroatoms. The van der Waals surface area contributed by atoms with Crippen LogP contribution in [0, 0.1) is 29.1 Å². The molecule has 36 heavy (non-hydrogen) atoms. The molecule has 0 amide bonds. The predicted molar refractivity (Wildman–Crippen MR) is 140 cm³/mol. The molecule has 7 atom stereocenters. The van der Waals surface area contributed by atoms with E-state index in [2.05, 4.69) is 28.2 Å². The molecule has 0 spiro atoms. The molecule has 0 aliphatic heterocycles. The van der Waals surface area contributed by atoms with Crippen LogP contribution in [0.25, 0.3) is 0 Å². The van der Waals surface area contributed by atoms with Crippen molar-refractivity contribution in [2.75, 3.05) is 33.2 Å². The van der Waals surface area contributed by atoms with Gasteiger partial charge in [-0.15, -0.1) is 0 Å². The lowest BCUT2D eigenvalue weighted by atomic mass is 9.88. The van der Waals surface area contributed by atoms with Gasteiger partial charge >= 0.3 is 5.97 Å². The Bertz CT molecular complexity index is 631. The highest BCUT2D eigenvalue weighted by molar-refractivity contribution is 5.72. The maximum Gasteiger partial charge on any atom is 0.309 e. The van der Waals surface area contributed by atoms with E-state index in [1.807, 2.05) is 14.0 Å². The van der Waals surface area contributed by atoms with Crippen molar-refractivity contribution in [2.45, 2.75) is 110 Å². The van der Waals surface area contributed by atoms with Crippen molar-refractivity contribution >= 4 is 5.97 Å². The van der Waals surface area contributed by atoms with Gasteiger partial charge in [-0.25, -0.2) is 0 Å². The Labute approximate surface area is 218 Å². The SMILES string of the molecule is CCC(O)[C@](C)(O)[C@@H](CC)OC(=O)C(C)C[C@H](C)C[C@H](C[C@@H](C)CN(C)CCCNCCC#N)OF. The summed E-state index contributed by atoms with van der Waals surface area (Å²) in [6.45, 7) is 14.2. The molecule has 0 aromatic rings. The van der Waals surface area contributed by atoms with Gasteiger partial charge in [-0.1, -0.05) is 34.6 Å². The maximum atomic E-state index is 13.3. The van der Waals surface area contributed by atoms with Crippen LogP contribution in [0.3, 0.4) is 0 Å². The number of nitrogens with one attached hydrogen (secondary N) is 1. The molecule has 0 heterocycles. The van der Waals surface area contributed by atoms with Gasteiger partial charge in [-0.2, -0.15) is 10.2 Å². The van der Waals surface area contributed by atoms with E-state index < -0.39 is 35.8 Å². The number of rotatable bonds is 21. The molecule has 0 rings (SSSR count). The lowest BCUT2D eigenvalue weighted by Gasteiger charge is -2.36. The lowest BCUT2D eigenvalue weighted by molar-refractivity contribution is -0.191. The van der Waals surface area contributed by atoms with E-state index in [1.165, 1.54) is 6.92 Å². The molecule has 0 bridgehead atoms. The standard InChI is InChI=1S/C27H52FN3O5/c1-8-24(32)27(6,34)25(9-2)35-26(33)22(5)16-20(3)17-23(36-28)18-21(4)19-31(7)15-11-14-30-13-10-12-29/h20-25,30,32,34H,8-11,13-19H2,1-7H3/t20-,21+,22?,23+,24?,25+,27-/m0/s1. The van der Waals surface area contributed by atoms with Gasteiger partial charge in [0.1, 0.15) is 11.7 Å². The van der Waals surface area contributed by atoms with Crippen LogP contribution in [0.4, 0.5) is 4.53 Å². The number of esters is 1. The van der Waals surface area contributed by atoms with E-state index >= 15 is 0 Å².